The lowest BCUT2D eigenvalue weighted by Crippen LogP contribution is -2.40. The lowest BCUT2D eigenvalue weighted by atomic mass is 9.97. The number of likely N-dealkylation sites (tertiary alicyclic amines) is 1. The number of hydrogen-bond acceptors (Lipinski definition) is 5. The minimum absolute atomic E-state index is 0.0365. The third kappa shape index (κ3) is 3.89. The van der Waals surface area contributed by atoms with Crippen LogP contribution in [0.25, 0.3) is 0 Å². The zero-order valence-electron chi connectivity index (χ0n) is 13.2. The van der Waals surface area contributed by atoms with Gasteiger partial charge in [0.25, 0.3) is 0 Å². The SMILES string of the molecule is O=C(O)C1CCN(C(=O)CCc2nc(C3CCCC3)no2)CC1. The van der Waals surface area contributed by atoms with Crippen LogP contribution < -0.4 is 0 Å². The Morgan fingerprint density at radius 1 is 1.17 bits per heavy atom. The Morgan fingerprint density at radius 2 is 1.87 bits per heavy atom. The molecule has 3 rings (SSSR count). The van der Waals surface area contributed by atoms with Gasteiger partial charge in [0, 0.05) is 31.8 Å². The molecule has 0 bridgehead atoms. The first kappa shape index (κ1) is 16.0. The fourth-order valence-corrected chi connectivity index (χ4v) is 3.47. The molecule has 126 valence electrons. The normalized spacial score (nSPS) is 20.1. The Bertz CT molecular complexity index is 557. The van der Waals surface area contributed by atoms with Crippen molar-refractivity contribution in [1.29, 1.82) is 0 Å². The van der Waals surface area contributed by atoms with E-state index in [-0.39, 0.29) is 11.8 Å². The van der Waals surface area contributed by atoms with E-state index in [0.29, 0.717) is 50.6 Å². The molecule has 1 N–H and O–H groups in total. The van der Waals surface area contributed by atoms with Crippen LogP contribution in [0.5, 0.6) is 0 Å². The first-order valence-electron chi connectivity index (χ1n) is 8.46. The number of aryl methyl sites for hydroxylation is 1. The maximum Gasteiger partial charge on any atom is 0.306 e. The van der Waals surface area contributed by atoms with Crippen molar-refractivity contribution in [1.82, 2.24) is 15.0 Å². The van der Waals surface area contributed by atoms with Gasteiger partial charge >= 0.3 is 5.97 Å². The number of carboxylic acid groups (broad SMARTS) is 1. The highest BCUT2D eigenvalue weighted by Crippen LogP contribution is 2.32. The molecule has 7 heteroatoms. The molecule has 0 radical (unpaired) electrons. The summed E-state index contributed by atoms with van der Waals surface area (Å²) in [6.07, 6.45) is 6.55. The van der Waals surface area contributed by atoms with Crippen molar-refractivity contribution < 1.29 is 19.2 Å². The third-order valence-electron chi connectivity index (χ3n) is 4.95. The van der Waals surface area contributed by atoms with Gasteiger partial charge in [-0.15, -0.1) is 0 Å². The number of nitrogens with zero attached hydrogens (tertiary/aromatic N) is 3. The molecule has 1 saturated heterocycles. The second kappa shape index (κ2) is 7.10. The van der Waals surface area contributed by atoms with Crippen LogP contribution in [0.2, 0.25) is 0 Å². The minimum Gasteiger partial charge on any atom is -0.481 e. The number of carbonyl (C=O) groups is 2. The highest BCUT2D eigenvalue weighted by molar-refractivity contribution is 5.77. The summed E-state index contributed by atoms with van der Waals surface area (Å²) in [5.41, 5.74) is 0. The molecule has 0 atom stereocenters. The number of aromatic nitrogens is 2. The Labute approximate surface area is 135 Å². The summed E-state index contributed by atoms with van der Waals surface area (Å²) in [6.45, 7) is 1.04. The van der Waals surface area contributed by atoms with Crippen LogP contribution in [0.3, 0.4) is 0 Å². The van der Waals surface area contributed by atoms with Gasteiger partial charge in [-0.1, -0.05) is 18.0 Å². The van der Waals surface area contributed by atoms with Crippen molar-refractivity contribution in [2.45, 2.75) is 57.3 Å². The van der Waals surface area contributed by atoms with E-state index in [1.807, 2.05) is 0 Å². The molecule has 2 heterocycles. The molecule has 2 aliphatic rings. The van der Waals surface area contributed by atoms with Gasteiger partial charge in [0.1, 0.15) is 0 Å². The highest BCUT2D eigenvalue weighted by Gasteiger charge is 2.27. The van der Waals surface area contributed by atoms with E-state index in [4.69, 9.17) is 9.63 Å². The second-order valence-corrected chi connectivity index (χ2v) is 6.52. The topological polar surface area (TPSA) is 96.5 Å². The molecule has 0 aromatic carbocycles. The number of carbonyl (C=O) groups excluding carboxylic acids is 1. The summed E-state index contributed by atoms with van der Waals surface area (Å²) in [5.74, 6) is 0.687. The zero-order valence-corrected chi connectivity index (χ0v) is 13.2. The predicted octanol–water partition coefficient (Wildman–Crippen LogP) is 1.98. The fraction of sp³-hybridized carbons (Fsp3) is 0.750. The van der Waals surface area contributed by atoms with Gasteiger partial charge in [-0.25, -0.2) is 0 Å². The lowest BCUT2D eigenvalue weighted by Gasteiger charge is -2.30. The number of carboxylic acids is 1. The molecular formula is C16H23N3O4. The molecule has 1 aromatic rings. The highest BCUT2D eigenvalue weighted by atomic mass is 16.5. The van der Waals surface area contributed by atoms with E-state index in [1.54, 1.807) is 4.90 Å². The smallest absolute Gasteiger partial charge is 0.306 e. The standard InChI is InChI=1S/C16H23N3O4/c20-14(19-9-7-12(8-10-19)16(21)22)6-5-13-17-15(18-23-13)11-3-1-2-4-11/h11-12H,1-10H2,(H,21,22). The number of amides is 1. The Morgan fingerprint density at radius 3 is 2.52 bits per heavy atom. The minimum atomic E-state index is -0.762. The lowest BCUT2D eigenvalue weighted by molar-refractivity contribution is -0.145. The van der Waals surface area contributed by atoms with Crippen molar-refractivity contribution in [3.05, 3.63) is 11.7 Å². The quantitative estimate of drug-likeness (QED) is 0.890. The van der Waals surface area contributed by atoms with Crippen LogP contribution in [0.15, 0.2) is 4.52 Å². The van der Waals surface area contributed by atoms with E-state index in [1.165, 1.54) is 12.8 Å². The van der Waals surface area contributed by atoms with Gasteiger partial charge in [0.15, 0.2) is 5.82 Å². The van der Waals surface area contributed by atoms with Gasteiger partial charge < -0.3 is 14.5 Å². The first-order valence-corrected chi connectivity index (χ1v) is 8.46. The van der Waals surface area contributed by atoms with Crippen LogP contribution in [-0.4, -0.2) is 45.1 Å². The maximum absolute atomic E-state index is 12.2. The van der Waals surface area contributed by atoms with Crippen molar-refractivity contribution in [2.75, 3.05) is 13.1 Å². The van der Waals surface area contributed by atoms with Gasteiger partial charge in [-0.2, -0.15) is 4.98 Å². The molecule has 1 aliphatic heterocycles. The molecule has 0 spiro atoms. The molecule has 23 heavy (non-hydrogen) atoms. The number of piperidine rings is 1. The van der Waals surface area contributed by atoms with Crippen LogP contribution in [0.1, 0.15) is 62.6 Å². The summed E-state index contributed by atoms with van der Waals surface area (Å²) < 4.78 is 5.25. The van der Waals surface area contributed by atoms with Crippen molar-refractivity contribution in [3.8, 4) is 0 Å². The average molecular weight is 321 g/mol. The van der Waals surface area contributed by atoms with Gasteiger partial charge in [-0.05, 0) is 25.7 Å². The van der Waals surface area contributed by atoms with E-state index in [9.17, 15) is 9.59 Å². The monoisotopic (exact) mass is 321 g/mol. The largest absolute Gasteiger partial charge is 0.481 e. The molecule has 0 unspecified atom stereocenters. The number of aliphatic carboxylic acids is 1. The van der Waals surface area contributed by atoms with Gasteiger partial charge in [0.2, 0.25) is 11.8 Å². The summed E-state index contributed by atoms with van der Waals surface area (Å²) in [4.78, 5) is 29.3. The molecular weight excluding hydrogens is 298 g/mol. The predicted molar refractivity (Wildman–Crippen MR) is 80.8 cm³/mol. The Balaban J connectivity index is 1.45. The van der Waals surface area contributed by atoms with Crippen molar-refractivity contribution in [3.63, 3.8) is 0 Å². The van der Waals surface area contributed by atoms with E-state index in [0.717, 1.165) is 18.7 Å². The van der Waals surface area contributed by atoms with E-state index >= 15 is 0 Å². The average Bonchev–Trinajstić information content (AvgIpc) is 3.23. The molecule has 1 saturated carbocycles. The fourth-order valence-electron chi connectivity index (χ4n) is 3.47. The molecule has 1 aromatic heterocycles. The van der Waals surface area contributed by atoms with Crippen molar-refractivity contribution in [2.24, 2.45) is 5.92 Å². The van der Waals surface area contributed by atoms with Crippen molar-refractivity contribution >= 4 is 11.9 Å². The van der Waals surface area contributed by atoms with Crippen LogP contribution >= 0.6 is 0 Å². The maximum atomic E-state index is 12.2. The van der Waals surface area contributed by atoms with Crippen LogP contribution in [-0.2, 0) is 16.0 Å². The van der Waals surface area contributed by atoms with Gasteiger partial charge in [0.05, 0.1) is 5.92 Å². The first-order chi connectivity index (χ1) is 11.1. The molecule has 1 aliphatic carbocycles. The van der Waals surface area contributed by atoms with E-state index in [2.05, 4.69) is 10.1 Å². The van der Waals surface area contributed by atoms with Crippen LogP contribution in [0.4, 0.5) is 0 Å². The Kier molecular flexibility index (Phi) is 4.93. The number of hydrogen-bond donors (Lipinski definition) is 1. The second-order valence-electron chi connectivity index (χ2n) is 6.52. The summed E-state index contributed by atoms with van der Waals surface area (Å²) in [6, 6.07) is 0. The number of rotatable bonds is 5. The van der Waals surface area contributed by atoms with Gasteiger partial charge in [-0.3, -0.25) is 9.59 Å². The molecule has 2 fully saturated rings. The molecule has 7 nitrogen and oxygen atoms in total. The third-order valence-corrected chi connectivity index (χ3v) is 4.95. The zero-order chi connectivity index (χ0) is 16.2. The van der Waals surface area contributed by atoms with E-state index < -0.39 is 5.97 Å². The summed E-state index contributed by atoms with van der Waals surface area (Å²) in [5, 5.41) is 13.0. The summed E-state index contributed by atoms with van der Waals surface area (Å²) in [7, 11) is 0. The summed E-state index contributed by atoms with van der Waals surface area (Å²) >= 11 is 0. The molecule has 1 amide bonds. The van der Waals surface area contributed by atoms with Crippen LogP contribution in [0, 0.1) is 5.92 Å². The Hall–Kier alpha value is -1.92.